The van der Waals surface area contributed by atoms with Crippen LogP contribution in [-0.4, -0.2) is 63.9 Å². The van der Waals surface area contributed by atoms with Crippen molar-refractivity contribution in [2.75, 3.05) is 38.6 Å². The molecule has 0 aromatic carbocycles. The van der Waals surface area contributed by atoms with E-state index in [1.54, 1.807) is 11.8 Å². The highest BCUT2D eigenvalue weighted by molar-refractivity contribution is 7.99. The lowest BCUT2D eigenvalue weighted by Crippen LogP contribution is -2.45. The van der Waals surface area contributed by atoms with Gasteiger partial charge in [-0.25, -0.2) is 0 Å². The summed E-state index contributed by atoms with van der Waals surface area (Å²) in [6.45, 7) is 4.64. The summed E-state index contributed by atoms with van der Waals surface area (Å²) in [4.78, 5) is 2.48. The molecular formula is C15H20N4O2S. The fraction of sp³-hybridized carbons (Fsp3) is 0.600. The van der Waals surface area contributed by atoms with E-state index in [2.05, 4.69) is 15.1 Å². The number of pyridine rings is 1. The van der Waals surface area contributed by atoms with E-state index < -0.39 is 0 Å². The quantitative estimate of drug-likeness (QED) is 0.799. The average molecular weight is 320 g/mol. The summed E-state index contributed by atoms with van der Waals surface area (Å²) < 4.78 is 13.6. The van der Waals surface area contributed by atoms with Crippen LogP contribution in [0.3, 0.4) is 0 Å². The van der Waals surface area contributed by atoms with E-state index in [1.807, 2.05) is 28.8 Å². The molecule has 0 saturated carbocycles. The van der Waals surface area contributed by atoms with Crippen LogP contribution in [0.25, 0.3) is 5.65 Å². The van der Waals surface area contributed by atoms with Crippen LogP contribution in [0, 0.1) is 0 Å². The first kappa shape index (κ1) is 14.4. The zero-order valence-electron chi connectivity index (χ0n) is 12.5. The number of aromatic nitrogens is 3. The van der Waals surface area contributed by atoms with Crippen molar-refractivity contribution in [3.63, 3.8) is 0 Å². The predicted octanol–water partition coefficient (Wildman–Crippen LogP) is 1.66. The standard InChI is InChI=1S/C15H20N4O2S/c1-2-6-19-13(3-1)16-17-14(19)22-12-9-18-7-4-15(5-8-18)20-10-11-21-15/h1-3,6H,4-5,7-12H2. The summed E-state index contributed by atoms with van der Waals surface area (Å²) in [7, 11) is 0. The number of likely N-dealkylation sites (tertiary alicyclic amines) is 1. The number of hydrogen-bond acceptors (Lipinski definition) is 6. The monoisotopic (exact) mass is 320 g/mol. The molecule has 1 spiro atoms. The molecule has 0 atom stereocenters. The number of nitrogens with zero attached hydrogens (tertiary/aromatic N) is 4. The van der Waals surface area contributed by atoms with Gasteiger partial charge in [0.1, 0.15) is 0 Å². The summed E-state index contributed by atoms with van der Waals surface area (Å²) in [6.07, 6.45) is 3.97. The van der Waals surface area contributed by atoms with Gasteiger partial charge in [0.15, 0.2) is 16.6 Å². The van der Waals surface area contributed by atoms with Crippen LogP contribution in [-0.2, 0) is 9.47 Å². The fourth-order valence-corrected chi connectivity index (χ4v) is 4.01. The van der Waals surface area contributed by atoms with Gasteiger partial charge in [-0.15, -0.1) is 10.2 Å². The van der Waals surface area contributed by atoms with Gasteiger partial charge in [-0.2, -0.15) is 0 Å². The van der Waals surface area contributed by atoms with Gasteiger partial charge in [-0.3, -0.25) is 4.40 Å². The van der Waals surface area contributed by atoms with Crippen LogP contribution in [0.4, 0.5) is 0 Å². The van der Waals surface area contributed by atoms with Crippen molar-refractivity contribution in [1.29, 1.82) is 0 Å². The topological polar surface area (TPSA) is 51.9 Å². The molecule has 2 aliphatic heterocycles. The van der Waals surface area contributed by atoms with E-state index in [-0.39, 0.29) is 5.79 Å². The fourth-order valence-electron chi connectivity index (χ4n) is 3.09. The van der Waals surface area contributed by atoms with Crippen molar-refractivity contribution in [3.05, 3.63) is 24.4 Å². The molecule has 118 valence electrons. The van der Waals surface area contributed by atoms with Gasteiger partial charge in [0.2, 0.25) is 0 Å². The Hall–Kier alpha value is -1.15. The second-order valence-electron chi connectivity index (χ2n) is 5.71. The molecular weight excluding hydrogens is 300 g/mol. The Morgan fingerprint density at radius 1 is 1.14 bits per heavy atom. The van der Waals surface area contributed by atoms with Gasteiger partial charge in [0.25, 0.3) is 0 Å². The second kappa shape index (κ2) is 6.16. The molecule has 2 aliphatic rings. The molecule has 2 saturated heterocycles. The van der Waals surface area contributed by atoms with Crippen molar-refractivity contribution in [2.45, 2.75) is 23.8 Å². The van der Waals surface area contributed by atoms with Crippen molar-refractivity contribution in [1.82, 2.24) is 19.5 Å². The summed E-state index contributed by atoms with van der Waals surface area (Å²) >= 11 is 1.76. The lowest BCUT2D eigenvalue weighted by molar-refractivity contribution is -0.184. The zero-order valence-corrected chi connectivity index (χ0v) is 13.3. The molecule has 0 N–H and O–H groups in total. The number of hydrogen-bond donors (Lipinski definition) is 0. The maximum atomic E-state index is 5.77. The highest BCUT2D eigenvalue weighted by Crippen LogP contribution is 2.31. The summed E-state index contributed by atoms with van der Waals surface area (Å²) in [6, 6.07) is 5.96. The van der Waals surface area contributed by atoms with Crippen molar-refractivity contribution in [2.24, 2.45) is 0 Å². The summed E-state index contributed by atoms with van der Waals surface area (Å²) in [5, 5.41) is 9.40. The van der Waals surface area contributed by atoms with E-state index in [0.29, 0.717) is 0 Å². The smallest absolute Gasteiger partial charge is 0.195 e. The average Bonchev–Trinajstić information content (AvgIpc) is 3.18. The normalized spacial score (nSPS) is 21.8. The molecule has 2 fully saturated rings. The SMILES string of the molecule is c1ccn2c(SCCN3CCC4(CC3)OCCO4)nnc2c1. The molecule has 0 bridgehead atoms. The minimum Gasteiger partial charge on any atom is -0.347 e. The van der Waals surface area contributed by atoms with Crippen molar-refractivity contribution in [3.8, 4) is 0 Å². The Morgan fingerprint density at radius 2 is 1.95 bits per heavy atom. The third-order valence-corrected chi connectivity index (χ3v) is 5.28. The van der Waals surface area contributed by atoms with Gasteiger partial charge in [0.05, 0.1) is 13.2 Å². The lowest BCUT2D eigenvalue weighted by Gasteiger charge is -2.37. The number of rotatable bonds is 4. The molecule has 7 heteroatoms. The van der Waals surface area contributed by atoms with Crippen molar-refractivity contribution >= 4 is 17.4 Å². The first-order valence-electron chi connectivity index (χ1n) is 7.78. The highest BCUT2D eigenvalue weighted by Gasteiger charge is 2.39. The molecule has 4 rings (SSSR count). The number of thioether (sulfide) groups is 1. The number of fused-ring (bicyclic) bond motifs is 1. The number of piperidine rings is 1. The highest BCUT2D eigenvalue weighted by atomic mass is 32.2. The molecule has 0 radical (unpaired) electrons. The summed E-state index contributed by atoms with van der Waals surface area (Å²) in [5.74, 6) is 0.747. The Balaban J connectivity index is 1.27. The molecule has 2 aromatic rings. The largest absolute Gasteiger partial charge is 0.347 e. The molecule has 6 nitrogen and oxygen atoms in total. The van der Waals surface area contributed by atoms with Crippen LogP contribution in [0.1, 0.15) is 12.8 Å². The Morgan fingerprint density at radius 3 is 2.77 bits per heavy atom. The minimum absolute atomic E-state index is 0.271. The van der Waals surface area contributed by atoms with Crippen LogP contribution < -0.4 is 0 Å². The van der Waals surface area contributed by atoms with Crippen LogP contribution in [0.15, 0.2) is 29.6 Å². The lowest BCUT2D eigenvalue weighted by atomic mass is 10.0. The first-order valence-corrected chi connectivity index (χ1v) is 8.76. The Bertz CT molecular complexity index is 631. The molecule has 2 aromatic heterocycles. The maximum Gasteiger partial charge on any atom is 0.195 e. The van der Waals surface area contributed by atoms with Crippen LogP contribution in [0.5, 0.6) is 0 Å². The molecule has 22 heavy (non-hydrogen) atoms. The van der Waals surface area contributed by atoms with Crippen molar-refractivity contribution < 1.29 is 9.47 Å². The Kier molecular flexibility index (Phi) is 4.04. The van der Waals surface area contributed by atoms with E-state index >= 15 is 0 Å². The van der Waals surface area contributed by atoms with Gasteiger partial charge in [-0.05, 0) is 12.1 Å². The van der Waals surface area contributed by atoms with Crippen LogP contribution >= 0.6 is 11.8 Å². The summed E-state index contributed by atoms with van der Waals surface area (Å²) in [5.41, 5.74) is 0.903. The molecule has 0 amide bonds. The van der Waals surface area contributed by atoms with Crippen LogP contribution in [0.2, 0.25) is 0 Å². The molecule has 0 aliphatic carbocycles. The number of ether oxygens (including phenoxy) is 2. The van der Waals surface area contributed by atoms with Gasteiger partial charge in [-0.1, -0.05) is 17.8 Å². The third-order valence-electron chi connectivity index (χ3n) is 4.35. The predicted molar refractivity (Wildman–Crippen MR) is 84.0 cm³/mol. The molecule has 0 unspecified atom stereocenters. The first-order chi connectivity index (χ1) is 10.8. The minimum atomic E-state index is -0.271. The zero-order chi connectivity index (χ0) is 14.8. The van der Waals surface area contributed by atoms with E-state index in [0.717, 1.165) is 62.2 Å². The maximum absolute atomic E-state index is 5.77. The van der Waals surface area contributed by atoms with Gasteiger partial charge < -0.3 is 14.4 Å². The Labute approximate surface area is 133 Å². The van der Waals surface area contributed by atoms with E-state index in [1.165, 1.54) is 0 Å². The molecule has 4 heterocycles. The second-order valence-corrected chi connectivity index (χ2v) is 6.77. The third kappa shape index (κ3) is 2.86. The van der Waals surface area contributed by atoms with E-state index in [4.69, 9.17) is 9.47 Å². The van der Waals surface area contributed by atoms with Gasteiger partial charge in [0, 0.05) is 44.4 Å². The van der Waals surface area contributed by atoms with Gasteiger partial charge >= 0.3 is 0 Å². The van der Waals surface area contributed by atoms with E-state index in [9.17, 15) is 0 Å².